The smallest absolute Gasteiger partial charge is 0.323 e. The minimum absolute atomic E-state index is 0.0401. The van der Waals surface area contributed by atoms with Gasteiger partial charge in [0.2, 0.25) is 12.7 Å². The van der Waals surface area contributed by atoms with Gasteiger partial charge in [0.15, 0.2) is 17.3 Å². The van der Waals surface area contributed by atoms with Crippen LogP contribution in [0, 0.1) is 19.8 Å². The number of nitrogens with one attached hydrogen (secondary N) is 2. The predicted octanol–water partition coefficient (Wildman–Crippen LogP) is 3.95. The molecule has 0 spiro atoms. The third kappa shape index (κ3) is 7.03. The van der Waals surface area contributed by atoms with E-state index in [2.05, 4.69) is 27.6 Å². The maximum Gasteiger partial charge on any atom is 0.323 e. The number of aromatic nitrogens is 1. The van der Waals surface area contributed by atoms with Crippen LogP contribution in [0.4, 0.5) is 16.2 Å². The number of benzene rings is 2. The molecule has 12 nitrogen and oxygen atoms in total. The second kappa shape index (κ2) is 12.9. The summed E-state index contributed by atoms with van der Waals surface area (Å²) >= 11 is 0. The number of rotatable bonds is 8. The summed E-state index contributed by atoms with van der Waals surface area (Å²) in [5.74, 6) is 2.41. The maximum atomic E-state index is 13.5. The van der Waals surface area contributed by atoms with Crippen molar-refractivity contribution in [1.82, 2.24) is 15.0 Å². The number of aliphatic hydroxyl groups is 1. The van der Waals surface area contributed by atoms with Gasteiger partial charge in [0.1, 0.15) is 23.2 Å². The number of likely N-dealkylation sites (N-methyl/N-ethyl adjacent to an activating group) is 1. The van der Waals surface area contributed by atoms with E-state index >= 15 is 0 Å². The van der Waals surface area contributed by atoms with Crippen molar-refractivity contribution in [2.45, 2.75) is 52.8 Å². The molecule has 0 fully saturated rings. The van der Waals surface area contributed by atoms with Crippen molar-refractivity contribution in [2.75, 3.05) is 44.2 Å². The average molecular weight is 594 g/mol. The summed E-state index contributed by atoms with van der Waals surface area (Å²) in [6.07, 6.45) is -0.202. The number of amides is 3. The Kier molecular flexibility index (Phi) is 9.07. The van der Waals surface area contributed by atoms with Gasteiger partial charge in [-0.3, -0.25) is 9.69 Å². The van der Waals surface area contributed by atoms with Gasteiger partial charge < -0.3 is 39.4 Å². The zero-order valence-electron chi connectivity index (χ0n) is 25.2. The van der Waals surface area contributed by atoms with Crippen molar-refractivity contribution in [2.24, 2.45) is 5.92 Å². The molecule has 3 atom stereocenters. The molecule has 5 rings (SSSR count). The van der Waals surface area contributed by atoms with E-state index in [1.807, 2.05) is 32.2 Å². The van der Waals surface area contributed by atoms with Gasteiger partial charge >= 0.3 is 6.03 Å². The molecule has 230 valence electrons. The van der Waals surface area contributed by atoms with Crippen molar-refractivity contribution in [3.63, 3.8) is 0 Å². The van der Waals surface area contributed by atoms with Crippen molar-refractivity contribution < 1.29 is 33.4 Å². The Balaban J connectivity index is 1.36. The van der Waals surface area contributed by atoms with E-state index in [9.17, 15) is 14.7 Å². The van der Waals surface area contributed by atoms with E-state index in [4.69, 9.17) is 18.7 Å². The van der Waals surface area contributed by atoms with E-state index < -0.39 is 6.03 Å². The molecule has 2 aliphatic rings. The molecule has 0 unspecified atom stereocenters. The number of aliphatic hydroxyl groups excluding tert-OH is 1. The van der Waals surface area contributed by atoms with E-state index in [1.54, 1.807) is 36.9 Å². The minimum Gasteiger partial charge on any atom is -0.488 e. The topological polar surface area (TPSA) is 139 Å². The van der Waals surface area contributed by atoms with Crippen LogP contribution in [0.1, 0.15) is 36.4 Å². The zero-order valence-corrected chi connectivity index (χ0v) is 25.2. The summed E-state index contributed by atoms with van der Waals surface area (Å²) in [4.78, 5) is 30.2. The molecule has 0 saturated heterocycles. The summed E-state index contributed by atoms with van der Waals surface area (Å²) in [6.45, 7) is 9.12. The summed E-state index contributed by atoms with van der Waals surface area (Å²) in [6, 6.07) is 10.4. The molecular formula is C31H39N5O7. The third-order valence-corrected chi connectivity index (χ3v) is 7.83. The summed E-state index contributed by atoms with van der Waals surface area (Å²) in [5, 5.41) is 19.4. The molecule has 2 aromatic carbocycles. The van der Waals surface area contributed by atoms with Crippen LogP contribution in [-0.4, -0.2) is 77.7 Å². The normalized spacial score (nSPS) is 18.8. The number of urea groups is 1. The number of carbonyl (C=O) groups excluding carboxylic acids is 2. The first kappa shape index (κ1) is 30.2. The van der Waals surface area contributed by atoms with Gasteiger partial charge in [-0.1, -0.05) is 18.1 Å². The number of anilines is 2. The number of ether oxygens (including phenoxy) is 3. The molecule has 3 N–H and O–H groups in total. The van der Waals surface area contributed by atoms with Gasteiger partial charge in [-0.15, -0.1) is 0 Å². The van der Waals surface area contributed by atoms with Crippen molar-refractivity contribution >= 4 is 23.3 Å². The van der Waals surface area contributed by atoms with Crippen LogP contribution in [0.3, 0.4) is 0 Å². The number of hydrogen-bond donors (Lipinski definition) is 3. The molecule has 0 bridgehead atoms. The van der Waals surface area contributed by atoms with Gasteiger partial charge in [0.05, 0.1) is 19.1 Å². The number of nitrogens with zero attached hydrogens (tertiary/aromatic N) is 3. The lowest BCUT2D eigenvalue weighted by molar-refractivity contribution is -0.134. The third-order valence-electron chi connectivity index (χ3n) is 7.83. The Bertz CT molecular complexity index is 1460. The molecule has 0 saturated carbocycles. The Labute approximate surface area is 250 Å². The van der Waals surface area contributed by atoms with Crippen LogP contribution >= 0.6 is 0 Å². The molecule has 2 aliphatic heterocycles. The van der Waals surface area contributed by atoms with Crippen LogP contribution in [0.15, 0.2) is 40.9 Å². The number of aryl methyl sites for hydroxylation is 2. The highest BCUT2D eigenvalue weighted by Crippen LogP contribution is 2.33. The molecule has 3 amide bonds. The molecule has 0 radical (unpaired) electrons. The lowest BCUT2D eigenvalue weighted by atomic mass is 10.0. The predicted molar refractivity (Wildman–Crippen MR) is 160 cm³/mol. The highest BCUT2D eigenvalue weighted by atomic mass is 16.7. The van der Waals surface area contributed by atoms with Crippen molar-refractivity contribution in [1.29, 1.82) is 0 Å². The monoisotopic (exact) mass is 593 g/mol. The van der Waals surface area contributed by atoms with Gasteiger partial charge in [-0.05, 0) is 63.7 Å². The Morgan fingerprint density at radius 3 is 2.65 bits per heavy atom. The Morgan fingerprint density at radius 2 is 1.91 bits per heavy atom. The lowest BCUT2D eigenvalue weighted by Gasteiger charge is -2.34. The van der Waals surface area contributed by atoms with Crippen molar-refractivity contribution in [3.05, 3.63) is 59.0 Å². The largest absolute Gasteiger partial charge is 0.488 e. The molecule has 12 heteroatoms. The van der Waals surface area contributed by atoms with Crippen LogP contribution in [-0.2, 0) is 17.8 Å². The highest BCUT2D eigenvalue weighted by molar-refractivity contribution is 6.00. The summed E-state index contributed by atoms with van der Waals surface area (Å²) < 4.78 is 22.7. The van der Waals surface area contributed by atoms with E-state index in [1.165, 1.54) is 0 Å². The second-order valence-corrected chi connectivity index (χ2v) is 11.4. The van der Waals surface area contributed by atoms with Crippen LogP contribution in [0.2, 0.25) is 0 Å². The Hall–Kier alpha value is -4.29. The number of hydrogen-bond acceptors (Lipinski definition) is 9. The first-order valence-corrected chi connectivity index (χ1v) is 14.4. The number of fused-ring (bicyclic) bond motifs is 2. The second-order valence-electron chi connectivity index (χ2n) is 11.4. The van der Waals surface area contributed by atoms with E-state index in [0.717, 1.165) is 17.1 Å². The lowest BCUT2D eigenvalue weighted by Crippen LogP contribution is -2.47. The first-order chi connectivity index (χ1) is 20.6. The molecule has 3 heterocycles. The standard InChI is InChI=1S/C31H39N5O7/c1-18-13-36(19(2)16-37)29(38)12-23-11-24(32-31(39)33-30-20(3)34-43-21(30)4)7-9-25(23)42-28(18)15-35(5)14-22-6-8-26-27(10-22)41-17-40-26/h6-11,18-19,28,37H,12-17H2,1-5H3,(H2,32,33,39)/t18-,19-,28+/m0/s1. The fourth-order valence-corrected chi connectivity index (χ4v) is 5.39. The summed E-state index contributed by atoms with van der Waals surface area (Å²) in [5.41, 5.74) is 3.31. The van der Waals surface area contributed by atoms with Gasteiger partial charge in [-0.2, -0.15) is 0 Å². The quantitative estimate of drug-likeness (QED) is 0.354. The maximum absolute atomic E-state index is 13.5. The van der Waals surface area contributed by atoms with Crippen LogP contribution in [0.25, 0.3) is 0 Å². The molecule has 0 aliphatic carbocycles. The van der Waals surface area contributed by atoms with Crippen LogP contribution < -0.4 is 24.8 Å². The van der Waals surface area contributed by atoms with Crippen molar-refractivity contribution in [3.8, 4) is 17.2 Å². The SMILES string of the molecule is Cc1noc(C)c1NC(=O)Nc1ccc2c(c1)CC(=O)N([C@@H](C)CO)C[C@H](C)[C@@H](CN(C)Cc1ccc3c(c1)OCO3)O2. The number of carbonyl (C=O) groups is 2. The van der Waals surface area contributed by atoms with Gasteiger partial charge in [0, 0.05) is 36.8 Å². The molecule has 1 aromatic heterocycles. The fraction of sp³-hybridized carbons (Fsp3) is 0.452. The minimum atomic E-state index is -0.461. The summed E-state index contributed by atoms with van der Waals surface area (Å²) in [7, 11) is 2.03. The molecular weight excluding hydrogens is 554 g/mol. The fourth-order valence-electron chi connectivity index (χ4n) is 5.39. The highest BCUT2D eigenvalue weighted by Gasteiger charge is 2.31. The van der Waals surface area contributed by atoms with Gasteiger partial charge in [-0.25, -0.2) is 4.79 Å². The van der Waals surface area contributed by atoms with Gasteiger partial charge in [0.25, 0.3) is 0 Å². The van der Waals surface area contributed by atoms with E-state index in [0.29, 0.717) is 53.8 Å². The average Bonchev–Trinajstić information content (AvgIpc) is 3.57. The Morgan fingerprint density at radius 1 is 1.14 bits per heavy atom. The molecule has 43 heavy (non-hydrogen) atoms. The van der Waals surface area contributed by atoms with Crippen LogP contribution in [0.5, 0.6) is 17.2 Å². The van der Waals surface area contributed by atoms with E-state index in [-0.39, 0.29) is 43.8 Å². The first-order valence-electron chi connectivity index (χ1n) is 14.4. The molecule has 3 aromatic rings. The zero-order chi connectivity index (χ0) is 30.7.